The predicted octanol–water partition coefficient (Wildman–Crippen LogP) is 0.0285. The van der Waals surface area contributed by atoms with Gasteiger partial charge in [-0.3, -0.25) is 0 Å². The third-order valence-electron chi connectivity index (χ3n) is 1.08. The van der Waals surface area contributed by atoms with Crippen molar-refractivity contribution in [2.24, 2.45) is 0 Å². The van der Waals surface area contributed by atoms with Gasteiger partial charge in [-0.25, -0.2) is 4.79 Å². The first-order valence-electron chi connectivity index (χ1n) is 3.50. The Morgan fingerprint density at radius 1 is 1.55 bits per heavy atom. The lowest BCUT2D eigenvalue weighted by atomic mass is 10.1. The van der Waals surface area contributed by atoms with Gasteiger partial charge >= 0.3 is 6.03 Å². The molecule has 0 saturated heterocycles. The normalized spacial score (nSPS) is 11.0. The summed E-state index contributed by atoms with van der Waals surface area (Å²) in [6.45, 7) is 3.55. The van der Waals surface area contributed by atoms with E-state index in [1.807, 2.05) is 0 Å². The Bertz CT molecular complexity index is 138. The number of aliphatic hydroxyl groups is 1. The number of hydrogen-bond acceptors (Lipinski definition) is 2. The summed E-state index contributed by atoms with van der Waals surface area (Å²) in [5, 5.41) is 11.8. The zero-order chi connectivity index (χ0) is 9.07. The molecule has 0 aromatic heterocycles. The summed E-state index contributed by atoms with van der Waals surface area (Å²) in [6.07, 6.45) is 0. The quantitative estimate of drug-likeness (QED) is 0.598. The van der Waals surface area contributed by atoms with Gasteiger partial charge in [0.05, 0.1) is 5.60 Å². The summed E-state index contributed by atoms with van der Waals surface area (Å²) in [6, 6.07) is -0.188. The van der Waals surface area contributed by atoms with Gasteiger partial charge in [-0.1, -0.05) is 0 Å². The Labute approximate surface area is 67.2 Å². The molecule has 0 radical (unpaired) electrons. The minimum absolute atomic E-state index is 0.188. The van der Waals surface area contributed by atoms with Gasteiger partial charge in [0.25, 0.3) is 0 Å². The van der Waals surface area contributed by atoms with Gasteiger partial charge in [0.1, 0.15) is 0 Å². The number of urea groups is 1. The van der Waals surface area contributed by atoms with Crippen LogP contribution in [0.25, 0.3) is 0 Å². The Morgan fingerprint density at radius 3 is 2.27 bits per heavy atom. The van der Waals surface area contributed by atoms with E-state index in [1.54, 1.807) is 27.9 Å². The first kappa shape index (κ1) is 10.2. The van der Waals surface area contributed by atoms with Gasteiger partial charge in [-0.05, 0) is 13.8 Å². The van der Waals surface area contributed by atoms with Crippen LogP contribution in [0.1, 0.15) is 13.8 Å². The summed E-state index contributed by atoms with van der Waals surface area (Å²) in [5.74, 6) is 0. The van der Waals surface area contributed by atoms with Crippen LogP contribution in [0.4, 0.5) is 4.79 Å². The molecule has 0 fully saturated rings. The second-order valence-corrected chi connectivity index (χ2v) is 3.37. The maximum atomic E-state index is 10.9. The maximum absolute atomic E-state index is 10.9. The van der Waals surface area contributed by atoms with E-state index in [2.05, 4.69) is 5.32 Å². The van der Waals surface area contributed by atoms with Gasteiger partial charge in [-0.2, -0.15) is 0 Å². The molecule has 0 atom stereocenters. The molecule has 2 amide bonds. The zero-order valence-electron chi connectivity index (χ0n) is 7.51. The van der Waals surface area contributed by atoms with Crippen molar-refractivity contribution in [3.05, 3.63) is 0 Å². The molecule has 0 aromatic carbocycles. The summed E-state index contributed by atoms with van der Waals surface area (Å²) in [4.78, 5) is 12.3. The van der Waals surface area contributed by atoms with Crippen molar-refractivity contribution in [1.82, 2.24) is 10.2 Å². The Balaban J connectivity index is 3.64. The van der Waals surface area contributed by atoms with E-state index < -0.39 is 5.60 Å². The fraction of sp³-hybridized carbons (Fsp3) is 0.857. The lowest BCUT2D eigenvalue weighted by Crippen LogP contribution is -2.42. The maximum Gasteiger partial charge on any atom is 0.316 e. The molecule has 0 saturated carbocycles. The summed E-state index contributed by atoms with van der Waals surface area (Å²) in [7, 11) is 3.30. The van der Waals surface area contributed by atoms with Crippen LogP contribution in [0, 0.1) is 0 Å². The number of nitrogens with one attached hydrogen (secondary N) is 1. The highest BCUT2D eigenvalue weighted by molar-refractivity contribution is 5.73. The third kappa shape index (κ3) is 5.66. The molecular weight excluding hydrogens is 144 g/mol. The number of hydrogen-bond donors (Lipinski definition) is 2. The van der Waals surface area contributed by atoms with E-state index in [0.29, 0.717) is 0 Å². The van der Waals surface area contributed by atoms with Crippen LogP contribution < -0.4 is 5.32 Å². The van der Waals surface area contributed by atoms with Crippen LogP contribution >= 0.6 is 0 Å². The Kier molecular flexibility index (Phi) is 3.32. The van der Waals surface area contributed by atoms with Crippen LogP contribution in [0.15, 0.2) is 0 Å². The predicted molar refractivity (Wildman–Crippen MR) is 43.4 cm³/mol. The number of carbonyl (C=O) groups is 1. The molecule has 2 N–H and O–H groups in total. The fourth-order valence-corrected chi connectivity index (χ4v) is 0.450. The number of amides is 2. The van der Waals surface area contributed by atoms with Crippen molar-refractivity contribution in [2.75, 3.05) is 20.6 Å². The number of rotatable bonds is 2. The SMILES string of the molecule is CN(C)C(=O)NCC(C)(C)O. The van der Waals surface area contributed by atoms with Crippen LogP contribution in [-0.4, -0.2) is 42.3 Å². The average molecular weight is 160 g/mol. The lowest BCUT2D eigenvalue weighted by Gasteiger charge is -2.19. The smallest absolute Gasteiger partial charge is 0.316 e. The Morgan fingerprint density at radius 2 is 2.00 bits per heavy atom. The summed E-state index contributed by atoms with van der Waals surface area (Å²) < 4.78 is 0. The highest BCUT2D eigenvalue weighted by Gasteiger charge is 2.13. The van der Waals surface area contributed by atoms with Crippen LogP contribution in [-0.2, 0) is 0 Å². The van der Waals surface area contributed by atoms with Crippen molar-refractivity contribution < 1.29 is 9.90 Å². The van der Waals surface area contributed by atoms with E-state index in [1.165, 1.54) is 4.90 Å². The van der Waals surface area contributed by atoms with Gasteiger partial charge in [0.15, 0.2) is 0 Å². The van der Waals surface area contributed by atoms with Gasteiger partial charge in [0, 0.05) is 20.6 Å². The molecule has 4 heteroatoms. The molecule has 4 nitrogen and oxygen atoms in total. The summed E-state index contributed by atoms with van der Waals surface area (Å²) >= 11 is 0. The molecule has 0 rings (SSSR count). The fourth-order valence-electron chi connectivity index (χ4n) is 0.450. The van der Waals surface area contributed by atoms with Gasteiger partial charge in [-0.15, -0.1) is 0 Å². The van der Waals surface area contributed by atoms with E-state index in [9.17, 15) is 9.90 Å². The monoisotopic (exact) mass is 160 g/mol. The molecule has 0 unspecified atom stereocenters. The van der Waals surface area contributed by atoms with Crippen molar-refractivity contribution in [3.63, 3.8) is 0 Å². The molecule has 66 valence electrons. The van der Waals surface area contributed by atoms with Crippen molar-refractivity contribution in [3.8, 4) is 0 Å². The van der Waals surface area contributed by atoms with Crippen LogP contribution in [0.3, 0.4) is 0 Å². The van der Waals surface area contributed by atoms with Gasteiger partial charge in [0.2, 0.25) is 0 Å². The second kappa shape index (κ2) is 3.57. The topological polar surface area (TPSA) is 52.6 Å². The number of carbonyl (C=O) groups excluding carboxylic acids is 1. The molecule has 0 aliphatic carbocycles. The molecule has 0 aliphatic rings. The van der Waals surface area contributed by atoms with Crippen molar-refractivity contribution in [2.45, 2.75) is 19.4 Å². The molecule has 0 heterocycles. The highest BCUT2D eigenvalue weighted by atomic mass is 16.3. The van der Waals surface area contributed by atoms with E-state index in [-0.39, 0.29) is 12.6 Å². The lowest BCUT2D eigenvalue weighted by molar-refractivity contribution is 0.0805. The van der Waals surface area contributed by atoms with E-state index >= 15 is 0 Å². The van der Waals surface area contributed by atoms with Crippen LogP contribution in [0.5, 0.6) is 0 Å². The van der Waals surface area contributed by atoms with E-state index in [4.69, 9.17) is 0 Å². The molecule has 0 aliphatic heterocycles. The first-order valence-corrected chi connectivity index (χ1v) is 3.50. The second-order valence-electron chi connectivity index (χ2n) is 3.37. The number of nitrogens with zero attached hydrogens (tertiary/aromatic N) is 1. The first-order chi connectivity index (χ1) is 4.83. The minimum Gasteiger partial charge on any atom is -0.389 e. The Hall–Kier alpha value is -0.770. The molecule has 0 bridgehead atoms. The highest BCUT2D eigenvalue weighted by Crippen LogP contribution is 1.97. The molecule has 11 heavy (non-hydrogen) atoms. The largest absolute Gasteiger partial charge is 0.389 e. The standard InChI is InChI=1S/C7H16N2O2/c1-7(2,11)5-8-6(10)9(3)4/h11H,5H2,1-4H3,(H,8,10). The molecular formula is C7H16N2O2. The molecule has 0 aromatic rings. The third-order valence-corrected chi connectivity index (χ3v) is 1.08. The average Bonchev–Trinajstić information content (AvgIpc) is 1.80. The summed E-state index contributed by atoms with van der Waals surface area (Å²) in [5.41, 5.74) is -0.842. The van der Waals surface area contributed by atoms with Crippen molar-refractivity contribution in [1.29, 1.82) is 0 Å². The zero-order valence-corrected chi connectivity index (χ0v) is 7.51. The van der Waals surface area contributed by atoms with Crippen molar-refractivity contribution >= 4 is 6.03 Å². The van der Waals surface area contributed by atoms with Gasteiger partial charge < -0.3 is 15.3 Å². The van der Waals surface area contributed by atoms with Crippen LogP contribution in [0.2, 0.25) is 0 Å². The molecule has 0 spiro atoms. The van der Waals surface area contributed by atoms with E-state index in [0.717, 1.165) is 0 Å². The minimum atomic E-state index is -0.842.